The molecule has 0 aromatic carbocycles. The first-order valence-electron chi connectivity index (χ1n) is 8.21. The average molecular weight is 300 g/mol. The van der Waals surface area contributed by atoms with E-state index in [1.165, 1.54) is 0 Å². The van der Waals surface area contributed by atoms with Crippen molar-refractivity contribution < 1.29 is 14.7 Å². The van der Waals surface area contributed by atoms with Gasteiger partial charge in [0, 0.05) is 0 Å². The van der Waals surface area contributed by atoms with Crippen LogP contribution in [0.3, 0.4) is 0 Å². The number of hydrogen-bond acceptors (Lipinski definition) is 3. The molecule has 1 amide bonds. The Morgan fingerprint density at radius 2 is 1.67 bits per heavy atom. The Labute approximate surface area is 128 Å². The Bertz CT molecular complexity index is 302. The number of aliphatic carboxylic acids is 1. The van der Waals surface area contributed by atoms with Crippen LogP contribution in [-0.2, 0) is 9.59 Å². The predicted molar refractivity (Wildman–Crippen MR) is 84.9 cm³/mol. The first-order valence-corrected chi connectivity index (χ1v) is 8.21. The maximum absolute atomic E-state index is 11.4. The van der Waals surface area contributed by atoms with Gasteiger partial charge in [0.1, 0.15) is 0 Å². The molecule has 1 unspecified atom stereocenters. The van der Waals surface area contributed by atoms with Crippen LogP contribution < -0.4 is 11.1 Å². The molecule has 0 radical (unpaired) electrons. The maximum atomic E-state index is 11.4. The Morgan fingerprint density at radius 1 is 1.10 bits per heavy atom. The fourth-order valence-corrected chi connectivity index (χ4v) is 2.82. The summed E-state index contributed by atoms with van der Waals surface area (Å²) >= 11 is 0. The lowest BCUT2D eigenvalue weighted by molar-refractivity contribution is -0.142. The summed E-state index contributed by atoms with van der Waals surface area (Å²) in [6, 6.07) is -0.360. The van der Waals surface area contributed by atoms with Gasteiger partial charge in [-0.2, -0.15) is 0 Å². The van der Waals surface area contributed by atoms with Crippen LogP contribution in [0, 0.1) is 11.8 Å². The molecule has 124 valence electrons. The molecule has 21 heavy (non-hydrogen) atoms. The number of primary amides is 1. The van der Waals surface area contributed by atoms with Gasteiger partial charge in [0.2, 0.25) is 5.91 Å². The summed E-state index contributed by atoms with van der Waals surface area (Å²) in [7, 11) is 0. The Hall–Kier alpha value is -1.10. The minimum atomic E-state index is -0.735. The Balaban J connectivity index is 4.35. The summed E-state index contributed by atoms with van der Waals surface area (Å²) in [5.41, 5.74) is 5.27. The summed E-state index contributed by atoms with van der Waals surface area (Å²) in [6.45, 7) is 6.68. The molecule has 5 heteroatoms. The highest BCUT2D eigenvalue weighted by molar-refractivity contribution is 5.79. The molecule has 0 aromatic rings. The van der Waals surface area contributed by atoms with Gasteiger partial charge in [0.25, 0.3) is 0 Å². The number of hydrogen-bond donors (Lipinski definition) is 3. The lowest BCUT2D eigenvalue weighted by Gasteiger charge is -2.21. The van der Waals surface area contributed by atoms with Crippen LogP contribution in [0.4, 0.5) is 0 Å². The molecule has 0 spiro atoms. The molecule has 0 bridgehead atoms. The van der Waals surface area contributed by atoms with Crippen LogP contribution in [0.15, 0.2) is 0 Å². The molecule has 0 aliphatic carbocycles. The summed E-state index contributed by atoms with van der Waals surface area (Å²) in [5.74, 6) is -0.967. The van der Waals surface area contributed by atoms with Gasteiger partial charge in [0.15, 0.2) is 0 Å². The maximum Gasteiger partial charge on any atom is 0.306 e. The molecule has 0 heterocycles. The van der Waals surface area contributed by atoms with Crippen molar-refractivity contribution in [3.05, 3.63) is 0 Å². The molecule has 0 rings (SSSR count). The van der Waals surface area contributed by atoms with Crippen molar-refractivity contribution in [3.63, 3.8) is 0 Å². The lowest BCUT2D eigenvalue weighted by Crippen LogP contribution is -2.41. The monoisotopic (exact) mass is 300 g/mol. The van der Waals surface area contributed by atoms with E-state index in [0.717, 1.165) is 32.1 Å². The van der Waals surface area contributed by atoms with Crippen molar-refractivity contribution in [3.8, 4) is 0 Å². The zero-order chi connectivity index (χ0) is 16.3. The number of nitrogens with two attached hydrogens (primary N) is 1. The van der Waals surface area contributed by atoms with Gasteiger partial charge in [-0.3, -0.25) is 9.59 Å². The number of nitrogens with one attached hydrogen (secondary N) is 1. The van der Waals surface area contributed by atoms with E-state index in [4.69, 9.17) is 5.73 Å². The molecular weight excluding hydrogens is 268 g/mol. The van der Waals surface area contributed by atoms with Gasteiger partial charge in [0.05, 0.1) is 12.0 Å². The summed E-state index contributed by atoms with van der Waals surface area (Å²) in [4.78, 5) is 22.5. The molecule has 0 saturated heterocycles. The zero-order valence-corrected chi connectivity index (χ0v) is 13.7. The second-order valence-corrected chi connectivity index (χ2v) is 5.82. The summed E-state index contributed by atoms with van der Waals surface area (Å²) < 4.78 is 0. The molecule has 5 nitrogen and oxygen atoms in total. The van der Waals surface area contributed by atoms with E-state index in [1.807, 2.05) is 6.92 Å². The third-order valence-corrected chi connectivity index (χ3v) is 4.00. The largest absolute Gasteiger partial charge is 0.481 e. The predicted octanol–water partition coefficient (Wildman–Crippen LogP) is 2.54. The van der Waals surface area contributed by atoms with Crippen molar-refractivity contribution in [1.29, 1.82) is 0 Å². The van der Waals surface area contributed by atoms with E-state index >= 15 is 0 Å². The summed E-state index contributed by atoms with van der Waals surface area (Å²) in [6.07, 6.45) is 6.26. The van der Waals surface area contributed by atoms with Crippen molar-refractivity contribution in [2.24, 2.45) is 17.6 Å². The van der Waals surface area contributed by atoms with Crippen LogP contribution >= 0.6 is 0 Å². The normalized spacial score (nSPS) is 14.1. The smallest absolute Gasteiger partial charge is 0.306 e. The van der Waals surface area contributed by atoms with Gasteiger partial charge >= 0.3 is 5.97 Å². The molecule has 0 aliphatic heterocycles. The van der Waals surface area contributed by atoms with Crippen molar-refractivity contribution in [2.75, 3.05) is 6.54 Å². The molecule has 0 saturated carbocycles. The third-order valence-electron chi connectivity index (χ3n) is 4.00. The number of amides is 1. The van der Waals surface area contributed by atoms with Crippen LogP contribution in [0.25, 0.3) is 0 Å². The topological polar surface area (TPSA) is 92.4 Å². The second kappa shape index (κ2) is 11.5. The van der Waals surface area contributed by atoms with E-state index in [-0.39, 0.29) is 17.9 Å². The van der Waals surface area contributed by atoms with E-state index < -0.39 is 5.97 Å². The first kappa shape index (κ1) is 19.9. The molecule has 0 aliphatic rings. The van der Waals surface area contributed by atoms with E-state index in [1.54, 1.807) is 0 Å². The van der Waals surface area contributed by atoms with E-state index in [0.29, 0.717) is 25.3 Å². The number of carboxylic acids is 1. The number of rotatable bonds is 13. The van der Waals surface area contributed by atoms with Crippen molar-refractivity contribution in [1.82, 2.24) is 5.32 Å². The third kappa shape index (κ3) is 8.71. The van der Waals surface area contributed by atoms with Crippen LogP contribution in [0.1, 0.15) is 65.7 Å². The number of carbonyl (C=O) groups is 2. The van der Waals surface area contributed by atoms with E-state index in [9.17, 15) is 14.7 Å². The van der Waals surface area contributed by atoms with Crippen LogP contribution in [-0.4, -0.2) is 29.6 Å². The number of carboxylic acid groups (broad SMARTS) is 1. The van der Waals surface area contributed by atoms with Gasteiger partial charge in [-0.05, 0) is 31.7 Å². The SMILES string of the molecule is CCCC(CCC)CC(CCN[C@@H](CC)C(N)=O)C(=O)O. The standard InChI is InChI=1S/C16H32N2O3/c1-4-7-12(8-5-2)11-13(16(20)21)9-10-18-14(6-3)15(17)19/h12-14,18H,4-11H2,1-3H3,(H2,17,19)(H,20,21)/t13?,14-/m0/s1. The summed E-state index contributed by atoms with van der Waals surface area (Å²) in [5, 5.41) is 12.4. The first-order chi connectivity index (χ1) is 9.96. The van der Waals surface area contributed by atoms with E-state index in [2.05, 4.69) is 19.2 Å². The lowest BCUT2D eigenvalue weighted by atomic mass is 9.86. The van der Waals surface area contributed by atoms with Gasteiger partial charge in [-0.15, -0.1) is 0 Å². The molecule has 4 N–H and O–H groups in total. The van der Waals surface area contributed by atoms with Gasteiger partial charge in [-0.1, -0.05) is 46.5 Å². The number of carbonyl (C=O) groups excluding carboxylic acids is 1. The molecule has 2 atom stereocenters. The van der Waals surface area contributed by atoms with Crippen molar-refractivity contribution >= 4 is 11.9 Å². The molecule has 0 fully saturated rings. The minimum Gasteiger partial charge on any atom is -0.481 e. The molecular formula is C16H32N2O3. The Morgan fingerprint density at radius 3 is 2.05 bits per heavy atom. The van der Waals surface area contributed by atoms with Crippen LogP contribution in [0.5, 0.6) is 0 Å². The Kier molecular flexibility index (Phi) is 10.9. The van der Waals surface area contributed by atoms with Gasteiger partial charge in [-0.25, -0.2) is 0 Å². The fraction of sp³-hybridized carbons (Fsp3) is 0.875. The average Bonchev–Trinajstić information content (AvgIpc) is 2.41. The van der Waals surface area contributed by atoms with Crippen molar-refractivity contribution in [2.45, 2.75) is 71.8 Å². The minimum absolute atomic E-state index is 0.342. The fourth-order valence-electron chi connectivity index (χ4n) is 2.82. The highest BCUT2D eigenvalue weighted by Crippen LogP contribution is 2.24. The highest BCUT2D eigenvalue weighted by Gasteiger charge is 2.22. The molecule has 0 aromatic heterocycles. The van der Waals surface area contributed by atoms with Gasteiger partial charge < -0.3 is 16.2 Å². The van der Waals surface area contributed by atoms with Crippen LogP contribution in [0.2, 0.25) is 0 Å². The quantitative estimate of drug-likeness (QED) is 0.487. The highest BCUT2D eigenvalue weighted by atomic mass is 16.4. The zero-order valence-electron chi connectivity index (χ0n) is 13.7. The second-order valence-electron chi connectivity index (χ2n) is 5.82.